The van der Waals surface area contributed by atoms with Gasteiger partial charge in [-0.3, -0.25) is 4.79 Å². The number of nitrogens with zero attached hydrogens (tertiary/aromatic N) is 1. The highest BCUT2D eigenvalue weighted by Gasteiger charge is 2.22. The number of sulfonamides is 1. The average Bonchev–Trinajstić information content (AvgIpc) is 3.07. The molecule has 1 aromatic rings. The molecule has 0 spiro atoms. The van der Waals surface area contributed by atoms with Gasteiger partial charge in [0.05, 0.1) is 6.04 Å². The van der Waals surface area contributed by atoms with Crippen molar-refractivity contribution in [3.63, 3.8) is 0 Å². The third kappa shape index (κ3) is 5.85. The molecule has 0 bridgehead atoms. The Bertz CT molecular complexity index is 583. The largest absolute Gasteiger partial charge is 0.355 e. The van der Waals surface area contributed by atoms with E-state index in [9.17, 15) is 13.2 Å². The van der Waals surface area contributed by atoms with E-state index in [0.29, 0.717) is 6.54 Å². The molecule has 1 atom stereocenters. The van der Waals surface area contributed by atoms with Crippen LogP contribution in [0.1, 0.15) is 13.3 Å². The highest BCUT2D eigenvalue weighted by Crippen LogP contribution is 2.15. The molecule has 1 saturated heterocycles. The second-order valence-electron chi connectivity index (χ2n) is 5.51. The summed E-state index contributed by atoms with van der Waals surface area (Å²) in [6.07, 6.45) is 0.857. The predicted octanol–water partition coefficient (Wildman–Crippen LogP) is -0.174. The van der Waals surface area contributed by atoms with Crippen LogP contribution in [0.2, 0.25) is 0 Å². The Morgan fingerprint density at radius 1 is 1.43 bits per heavy atom. The van der Waals surface area contributed by atoms with Gasteiger partial charge < -0.3 is 15.5 Å². The zero-order chi connectivity index (χ0) is 16.7. The smallest absolute Gasteiger partial charge is 0.250 e. The van der Waals surface area contributed by atoms with Crippen LogP contribution in [0, 0.1) is 0 Å². The maximum atomic E-state index is 12.1. The molecular weight excluding hydrogens is 336 g/mol. The summed E-state index contributed by atoms with van der Waals surface area (Å²) in [7, 11) is -3.62. The van der Waals surface area contributed by atoms with Gasteiger partial charge in [0.15, 0.2) is 0 Å². The SMILES string of the molecule is CC(NS(=O)(=O)c1cccs1)C(=O)NCCCN1CCNCC1. The van der Waals surface area contributed by atoms with E-state index in [1.54, 1.807) is 18.4 Å². The monoisotopic (exact) mass is 360 g/mol. The van der Waals surface area contributed by atoms with Crippen molar-refractivity contribution >= 4 is 27.3 Å². The number of nitrogens with one attached hydrogen (secondary N) is 3. The number of thiophene rings is 1. The third-order valence-electron chi connectivity index (χ3n) is 3.65. The van der Waals surface area contributed by atoms with Crippen molar-refractivity contribution in [1.29, 1.82) is 0 Å². The van der Waals surface area contributed by atoms with Crippen molar-refractivity contribution in [2.45, 2.75) is 23.6 Å². The van der Waals surface area contributed by atoms with Gasteiger partial charge in [-0.25, -0.2) is 8.42 Å². The van der Waals surface area contributed by atoms with Crippen molar-refractivity contribution in [1.82, 2.24) is 20.3 Å². The second-order valence-corrected chi connectivity index (χ2v) is 8.40. The van der Waals surface area contributed by atoms with Crippen LogP contribution in [0.3, 0.4) is 0 Å². The summed E-state index contributed by atoms with van der Waals surface area (Å²) in [5.41, 5.74) is 0. The van der Waals surface area contributed by atoms with E-state index in [1.165, 1.54) is 6.07 Å². The van der Waals surface area contributed by atoms with Crippen LogP contribution >= 0.6 is 11.3 Å². The Labute approximate surface area is 141 Å². The lowest BCUT2D eigenvalue weighted by atomic mass is 10.3. The van der Waals surface area contributed by atoms with Crippen LogP contribution in [-0.2, 0) is 14.8 Å². The summed E-state index contributed by atoms with van der Waals surface area (Å²) < 4.78 is 26.7. The summed E-state index contributed by atoms with van der Waals surface area (Å²) in [6, 6.07) is 2.40. The first-order valence-electron chi connectivity index (χ1n) is 7.75. The van der Waals surface area contributed by atoms with Crippen molar-refractivity contribution in [3.05, 3.63) is 17.5 Å². The van der Waals surface area contributed by atoms with Crippen LogP contribution < -0.4 is 15.4 Å². The van der Waals surface area contributed by atoms with Gasteiger partial charge in [-0.1, -0.05) is 6.07 Å². The van der Waals surface area contributed by atoms with Gasteiger partial charge in [-0.05, 0) is 31.3 Å². The minimum Gasteiger partial charge on any atom is -0.355 e. The molecule has 2 heterocycles. The second kappa shape index (κ2) is 8.74. The van der Waals surface area contributed by atoms with Gasteiger partial charge in [0.2, 0.25) is 5.91 Å². The molecule has 1 amide bonds. The maximum Gasteiger partial charge on any atom is 0.250 e. The standard InChI is InChI=1S/C14H24N4O3S2/c1-12(17-23(20,21)13-4-2-11-22-13)14(19)16-5-3-8-18-9-6-15-7-10-18/h2,4,11-12,15,17H,3,5-10H2,1H3,(H,16,19). The molecule has 3 N–H and O–H groups in total. The molecular formula is C14H24N4O3S2. The van der Waals surface area contributed by atoms with E-state index in [0.717, 1.165) is 50.5 Å². The van der Waals surface area contributed by atoms with E-state index < -0.39 is 16.1 Å². The summed E-state index contributed by atoms with van der Waals surface area (Å²) in [6.45, 7) is 7.12. The van der Waals surface area contributed by atoms with Gasteiger partial charge >= 0.3 is 0 Å². The van der Waals surface area contributed by atoms with Crippen LogP contribution in [0.4, 0.5) is 0 Å². The number of hydrogen-bond donors (Lipinski definition) is 3. The van der Waals surface area contributed by atoms with E-state index >= 15 is 0 Å². The van der Waals surface area contributed by atoms with Gasteiger partial charge in [0.25, 0.3) is 10.0 Å². The molecule has 1 fully saturated rings. The first-order valence-corrected chi connectivity index (χ1v) is 10.1. The number of hydrogen-bond acceptors (Lipinski definition) is 6. The number of piperazine rings is 1. The maximum absolute atomic E-state index is 12.1. The summed E-state index contributed by atoms with van der Waals surface area (Å²) in [5, 5.41) is 7.77. The van der Waals surface area contributed by atoms with E-state index in [-0.39, 0.29) is 10.1 Å². The predicted molar refractivity (Wildman–Crippen MR) is 91.0 cm³/mol. The fraction of sp³-hybridized carbons (Fsp3) is 0.643. The zero-order valence-corrected chi connectivity index (χ0v) is 14.9. The fourth-order valence-electron chi connectivity index (χ4n) is 2.36. The van der Waals surface area contributed by atoms with Gasteiger partial charge in [0.1, 0.15) is 4.21 Å². The van der Waals surface area contributed by atoms with E-state index in [4.69, 9.17) is 0 Å². The Morgan fingerprint density at radius 2 is 2.17 bits per heavy atom. The normalized spacial score (nSPS) is 17.8. The Morgan fingerprint density at radius 3 is 2.83 bits per heavy atom. The van der Waals surface area contributed by atoms with Crippen molar-refractivity contribution in [2.75, 3.05) is 39.3 Å². The van der Waals surface area contributed by atoms with Gasteiger partial charge in [0, 0.05) is 32.7 Å². The molecule has 1 aromatic heterocycles. The molecule has 0 aromatic carbocycles. The third-order valence-corrected chi connectivity index (χ3v) is 6.58. The molecule has 23 heavy (non-hydrogen) atoms. The van der Waals surface area contributed by atoms with Crippen molar-refractivity contribution in [3.8, 4) is 0 Å². The quantitative estimate of drug-likeness (QED) is 0.560. The zero-order valence-electron chi connectivity index (χ0n) is 13.2. The van der Waals surface area contributed by atoms with Crippen molar-refractivity contribution in [2.24, 2.45) is 0 Å². The molecule has 1 aliphatic heterocycles. The topological polar surface area (TPSA) is 90.5 Å². The molecule has 130 valence electrons. The minimum absolute atomic E-state index is 0.218. The average molecular weight is 361 g/mol. The molecule has 0 saturated carbocycles. The van der Waals surface area contributed by atoms with E-state index in [1.807, 2.05) is 0 Å². The number of carbonyl (C=O) groups is 1. The number of rotatable bonds is 8. The number of amides is 1. The highest BCUT2D eigenvalue weighted by molar-refractivity contribution is 7.91. The Kier molecular flexibility index (Phi) is 6.97. The lowest BCUT2D eigenvalue weighted by molar-refractivity contribution is -0.122. The molecule has 2 rings (SSSR count). The summed E-state index contributed by atoms with van der Waals surface area (Å²) in [4.78, 5) is 14.3. The van der Waals surface area contributed by atoms with Crippen LogP contribution in [-0.4, -0.2) is 64.5 Å². The van der Waals surface area contributed by atoms with Crippen LogP contribution in [0.15, 0.2) is 21.7 Å². The van der Waals surface area contributed by atoms with Crippen molar-refractivity contribution < 1.29 is 13.2 Å². The molecule has 1 aliphatic rings. The first kappa shape index (κ1) is 18.3. The van der Waals surface area contributed by atoms with Crippen LogP contribution in [0.25, 0.3) is 0 Å². The Balaban J connectivity index is 1.68. The lowest BCUT2D eigenvalue weighted by Crippen LogP contribution is -2.46. The molecule has 7 nitrogen and oxygen atoms in total. The molecule has 1 unspecified atom stereocenters. The van der Waals surface area contributed by atoms with Gasteiger partial charge in [-0.15, -0.1) is 11.3 Å². The summed E-state index contributed by atoms with van der Waals surface area (Å²) >= 11 is 1.13. The Hall–Kier alpha value is -1.00. The highest BCUT2D eigenvalue weighted by atomic mass is 32.2. The molecule has 9 heteroatoms. The van der Waals surface area contributed by atoms with E-state index in [2.05, 4.69) is 20.3 Å². The van der Waals surface area contributed by atoms with Gasteiger partial charge in [-0.2, -0.15) is 4.72 Å². The number of carbonyl (C=O) groups excluding carboxylic acids is 1. The lowest BCUT2D eigenvalue weighted by Gasteiger charge is -2.27. The van der Waals surface area contributed by atoms with Crippen LogP contribution in [0.5, 0.6) is 0 Å². The molecule has 0 aliphatic carbocycles. The first-order chi connectivity index (χ1) is 11.0. The summed E-state index contributed by atoms with van der Waals surface area (Å²) in [5.74, 6) is -0.301. The minimum atomic E-state index is -3.62. The fourth-order valence-corrected chi connectivity index (χ4v) is 4.58. The molecule has 0 radical (unpaired) electrons.